The summed E-state index contributed by atoms with van der Waals surface area (Å²) in [6.07, 6.45) is 0. The van der Waals surface area contributed by atoms with Crippen LogP contribution in [0.5, 0.6) is 0 Å². The van der Waals surface area contributed by atoms with Crippen molar-refractivity contribution in [2.75, 3.05) is 0 Å². The summed E-state index contributed by atoms with van der Waals surface area (Å²) in [5.41, 5.74) is 1.90. The number of aryl methyl sites for hydroxylation is 1. The molecule has 45 valence electrons. The summed E-state index contributed by atoms with van der Waals surface area (Å²) in [5, 5.41) is 0. The molecule has 1 aromatic carbocycles. The minimum absolute atomic E-state index is 0. The smallest absolute Gasteiger partial charge is 0.0772 e. The second-order valence-corrected chi connectivity index (χ2v) is 1.82. The predicted octanol–water partition coefficient (Wildman–Crippen LogP) is 0.587. The van der Waals surface area contributed by atoms with E-state index in [0.717, 1.165) is 0 Å². The van der Waals surface area contributed by atoms with Gasteiger partial charge in [0.1, 0.15) is 0 Å². The van der Waals surface area contributed by atoms with Crippen molar-refractivity contribution in [1.29, 1.82) is 0 Å². The van der Waals surface area contributed by atoms with Gasteiger partial charge in [0, 0.05) is 20.4 Å². The van der Waals surface area contributed by atoms with Crippen molar-refractivity contribution in [3.8, 4) is 0 Å². The first-order valence-corrected chi connectivity index (χ1v) is 2.53. The Morgan fingerprint density at radius 3 is 2.44 bits per heavy atom. The van der Waals surface area contributed by atoms with Crippen molar-refractivity contribution >= 4 is 13.3 Å². The van der Waals surface area contributed by atoms with Crippen molar-refractivity contribution in [3.05, 3.63) is 29.8 Å². The molecule has 0 unspecified atom stereocenters. The van der Waals surface area contributed by atoms with E-state index in [2.05, 4.69) is 6.07 Å². The van der Waals surface area contributed by atoms with Gasteiger partial charge >= 0.3 is 0 Å². The zero-order chi connectivity index (χ0) is 5.98. The van der Waals surface area contributed by atoms with Gasteiger partial charge in [-0.25, -0.2) is 5.46 Å². The standard InChI is InChI=1S/C7H6B.Re/c1-6-2-4-7(8)5-3-6;/h2-4H,1H3;/q-1;. The molecule has 0 aliphatic carbocycles. The Balaban J connectivity index is 0.000000640. The normalized spacial score (nSPS) is 8.11. The third-order valence-electron chi connectivity index (χ3n) is 0.992. The van der Waals surface area contributed by atoms with E-state index in [-0.39, 0.29) is 20.4 Å². The van der Waals surface area contributed by atoms with Gasteiger partial charge in [-0.1, -0.05) is 6.92 Å². The van der Waals surface area contributed by atoms with Gasteiger partial charge in [-0.05, 0) is 0 Å². The van der Waals surface area contributed by atoms with E-state index in [1.165, 1.54) is 5.56 Å². The first kappa shape index (κ1) is 8.95. The van der Waals surface area contributed by atoms with Gasteiger partial charge in [0.2, 0.25) is 0 Å². The molecule has 0 bridgehead atoms. The molecule has 0 N–H and O–H groups in total. The molecule has 0 saturated carbocycles. The predicted molar refractivity (Wildman–Crippen MR) is 35.4 cm³/mol. The molecule has 0 heterocycles. The fourth-order valence-corrected chi connectivity index (χ4v) is 0.515. The van der Waals surface area contributed by atoms with Crippen LogP contribution < -0.4 is 5.46 Å². The second-order valence-electron chi connectivity index (χ2n) is 1.82. The second kappa shape index (κ2) is 3.88. The molecule has 0 nitrogen and oxygen atoms in total. The zero-order valence-electron chi connectivity index (χ0n) is 5.19. The molecule has 0 atom stereocenters. The maximum absolute atomic E-state index is 5.37. The largest absolute Gasteiger partial charge is 0.206 e. The molecule has 3 radical (unpaired) electrons. The van der Waals surface area contributed by atoms with Gasteiger partial charge in [0.25, 0.3) is 0 Å². The van der Waals surface area contributed by atoms with Gasteiger partial charge in [0.15, 0.2) is 0 Å². The number of benzene rings is 1. The quantitative estimate of drug-likeness (QED) is 0.484. The van der Waals surface area contributed by atoms with Crippen LogP contribution in [-0.4, -0.2) is 7.85 Å². The average molecular weight is 287 g/mol. The van der Waals surface area contributed by atoms with Crippen LogP contribution >= 0.6 is 0 Å². The Bertz CT molecular complexity index is 148. The Kier molecular flexibility index (Phi) is 3.85. The molecule has 9 heavy (non-hydrogen) atoms. The van der Waals surface area contributed by atoms with Crippen LogP contribution in [0.4, 0.5) is 0 Å². The van der Waals surface area contributed by atoms with Gasteiger partial charge in [-0.2, -0.15) is 29.8 Å². The van der Waals surface area contributed by atoms with Crippen molar-refractivity contribution in [2.45, 2.75) is 6.92 Å². The number of hydrogen-bond acceptors (Lipinski definition) is 0. The SMILES string of the molecule is [B]c1[c-]cc(C)cc1.[Re]. The van der Waals surface area contributed by atoms with E-state index in [1.807, 2.05) is 25.1 Å². The summed E-state index contributed by atoms with van der Waals surface area (Å²) < 4.78 is 0. The Labute approximate surface area is 70.7 Å². The van der Waals surface area contributed by atoms with Crippen LogP contribution in [0.15, 0.2) is 18.2 Å². The third kappa shape index (κ3) is 2.84. The monoisotopic (exact) mass is 288 g/mol. The van der Waals surface area contributed by atoms with Gasteiger partial charge in [0.05, 0.1) is 7.85 Å². The van der Waals surface area contributed by atoms with Gasteiger partial charge in [-0.3, -0.25) is 0 Å². The molecule has 1 rings (SSSR count). The van der Waals surface area contributed by atoms with Crippen LogP contribution in [0.25, 0.3) is 0 Å². The van der Waals surface area contributed by atoms with E-state index in [9.17, 15) is 0 Å². The summed E-state index contributed by atoms with van der Waals surface area (Å²) >= 11 is 0. The third-order valence-corrected chi connectivity index (χ3v) is 0.992. The summed E-state index contributed by atoms with van der Waals surface area (Å²) in [6, 6.07) is 8.55. The first-order chi connectivity index (χ1) is 3.79. The minimum Gasteiger partial charge on any atom is -0.206 e. The van der Waals surface area contributed by atoms with Crippen molar-refractivity contribution < 1.29 is 20.4 Å². The van der Waals surface area contributed by atoms with Crippen molar-refractivity contribution in [2.24, 2.45) is 0 Å². The molecule has 0 aliphatic rings. The van der Waals surface area contributed by atoms with E-state index in [4.69, 9.17) is 7.85 Å². The first-order valence-electron chi connectivity index (χ1n) is 2.53. The number of rotatable bonds is 0. The van der Waals surface area contributed by atoms with E-state index < -0.39 is 0 Å². The van der Waals surface area contributed by atoms with E-state index in [0.29, 0.717) is 5.46 Å². The maximum Gasteiger partial charge on any atom is 0.0772 e. The van der Waals surface area contributed by atoms with Crippen LogP contribution in [0.2, 0.25) is 0 Å². The van der Waals surface area contributed by atoms with E-state index >= 15 is 0 Å². The topological polar surface area (TPSA) is 0 Å². The zero-order valence-corrected chi connectivity index (χ0v) is 7.90. The fraction of sp³-hybridized carbons (Fsp3) is 0.143. The Hall–Kier alpha value is -0.0527. The van der Waals surface area contributed by atoms with Crippen molar-refractivity contribution in [1.82, 2.24) is 0 Å². The van der Waals surface area contributed by atoms with Crippen LogP contribution in [0, 0.1) is 13.0 Å². The molecule has 0 amide bonds. The molecule has 0 spiro atoms. The van der Waals surface area contributed by atoms with Crippen molar-refractivity contribution in [3.63, 3.8) is 0 Å². The molecular weight excluding hydrogens is 281 g/mol. The van der Waals surface area contributed by atoms with Crippen LogP contribution in [0.1, 0.15) is 5.56 Å². The summed E-state index contributed by atoms with van der Waals surface area (Å²) in [4.78, 5) is 0. The van der Waals surface area contributed by atoms with Gasteiger partial charge in [-0.15, -0.1) is 0 Å². The molecular formula is C7H6BRe-. The molecule has 1 aromatic rings. The Morgan fingerprint density at radius 1 is 1.44 bits per heavy atom. The molecule has 0 aromatic heterocycles. The molecule has 0 saturated heterocycles. The average Bonchev–Trinajstić information content (AvgIpc) is 1.77. The Morgan fingerprint density at radius 2 is 2.11 bits per heavy atom. The van der Waals surface area contributed by atoms with Gasteiger partial charge < -0.3 is 0 Å². The molecule has 2 heteroatoms. The van der Waals surface area contributed by atoms with Crippen LogP contribution in [-0.2, 0) is 20.4 Å². The maximum atomic E-state index is 5.37. The summed E-state index contributed by atoms with van der Waals surface area (Å²) in [7, 11) is 5.37. The minimum atomic E-state index is 0. The molecule has 0 fully saturated rings. The fourth-order valence-electron chi connectivity index (χ4n) is 0.515. The van der Waals surface area contributed by atoms with E-state index in [1.54, 1.807) is 0 Å². The summed E-state index contributed by atoms with van der Waals surface area (Å²) in [5.74, 6) is 0. The summed E-state index contributed by atoms with van der Waals surface area (Å²) in [6.45, 7) is 2.01. The van der Waals surface area contributed by atoms with Crippen LogP contribution in [0.3, 0.4) is 0 Å². The number of hydrogen-bond donors (Lipinski definition) is 0. The molecule has 0 aliphatic heterocycles.